The van der Waals surface area contributed by atoms with E-state index in [-0.39, 0.29) is 31.1 Å². The first-order valence-corrected chi connectivity index (χ1v) is 27.3. The third kappa shape index (κ3) is 50.1. The Hall–Kier alpha value is -2.89. The Morgan fingerprint density at radius 2 is 0.609 bits per heavy atom. The Morgan fingerprint density at radius 1 is 0.328 bits per heavy atom. The van der Waals surface area contributed by atoms with E-state index in [0.717, 1.165) is 96.3 Å². The lowest BCUT2D eigenvalue weighted by molar-refractivity contribution is -0.167. The number of rotatable bonds is 49. The van der Waals surface area contributed by atoms with E-state index in [1.54, 1.807) is 0 Å². The fourth-order valence-electron chi connectivity index (χ4n) is 7.66. The first-order valence-electron chi connectivity index (χ1n) is 27.3. The van der Waals surface area contributed by atoms with Crippen molar-refractivity contribution in [3.05, 3.63) is 60.8 Å². The van der Waals surface area contributed by atoms with E-state index in [2.05, 4.69) is 81.5 Å². The van der Waals surface area contributed by atoms with Crippen molar-refractivity contribution in [1.29, 1.82) is 0 Å². The summed E-state index contributed by atoms with van der Waals surface area (Å²) in [7, 11) is 0. The summed E-state index contributed by atoms with van der Waals surface area (Å²) in [6.45, 7) is 6.50. The summed E-state index contributed by atoms with van der Waals surface area (Å²) in [4.78, 5) is 37.9. The van der Waals surface area contributed by atoms with Crippen LogP contribution in [0.15, 0.2) is 60.8 Å². The van der Waals surface area contributed by atoms with Crippen LogP contribution in [0.1, 0.15) is 271 Å². The van der Waals surface area contributed by atoms with E-state index in [0.29, 0.717) is 19.3 Å². The molecule has 0 saturated carbocycles. The quantitative estimate of drug-likeness (QED) is 0.0262. The molecule has 0 fully saturated rings. The minimum atomic E-state index is -0.776. The maximum Gasteiger partial charge on any atom is 0.306 e. The van der Waals surface area contributed by atoms with Gasteiger partial charge < -0.3 is 14.2 Å². The van der Waals surface area contributed by atoms with Crippen LogP contribution in [0.5, 0.6) is 0 Å². The molecule has 0 amide bonds. The first-order chi connectivity index (χ1) is 31.5. The summed E-state index contributed by atoms with van der Waals surface area (Å²) < 4.78 is 16.8. The number of carbonyl (C=O) groups is 3. The zero-order chi connectivity index (χ0) is 46.5. The Labute approximate surface area is 396 Å². The second-order valence-electron chi connectivity index (χ2n) is 18.1. The van der Waals surface area contributed by atoms with Gasteiger partial charge in [-0.2, -0.15) is 0 Å². The van der Waals surface area contributed by atoms with Gasteiger partial charge in [0, 0.05) is 19.3 Å². The third-order valence-electron chi connectivity index (χ3n) is 11.8. The van der Waals surface area contributed by atoms with Crippen LogP contribution in [0.25, 0.3) is 0 Å². The monoisotopic (exact) mass is 895 g/mol. The highest BCUT2D eigenvalue weighted by molar-refractivity contribution is 5.71. The second kappa shape index (κ2) is 52.7. The summed E-state index contributed by atoms with van der Waals surface area (Å²) >= 11 is 0. The SMILES string of the molecule is CC/C=C\C/C=C\C/C=C\C/C=C\CCCCCCCCCCCCC(=O)OCC(COC(=O)CCCCCCCCCCC)OC(=O)CCCCCCC/C=C\CCCCCCC. The average Bonchev–Trinajstić information content (AvgIpc) is 3.29. The van der Waals surface area contributed by atoms with E-state index >= 15 is 0 Å². The van der Waals surface area contributed by atoms with Crippen LogP contribution in [0.4, 0.5) is 0 Å². The predicted octanol–water partition coefficient (Wildman–Crippen LogP) is 18.0. The second-order valence-corrected chi connectivity index (χ2v) is 18.1. The average molecular weight is 895 g/mol. The normalized spacial score (nSPS) is 12.5. The van der Waals surface area contributed by atoms with Gasteiger partial charge >= 0.3 is 17.9 Å². The summed E-state index contributed by atoms with van der Waals surface area (Å²) in [6, 6.07) is 0. The van der Waals surface area contributed by atoms with Crippen molar-refractivity contribution in [3.63, 3.8) is 0 Å². The van der Waals surface area contributed by atoms with E-state index in [9.17, 15) is 14.4 Å². The molecule has 0 aliphatic rings. The van der Waals surface area contributed by atoms with Gasteiger partial charge in [-0.3, -0.25) is 14.4 Å². The molecule has 0 radical (unpaired) electrons. The lowest BCUT2D eigenvalue weighted by Crippen LogP contribution is -2.30. The van der Waals surface area contributed by atoms with Crippen LogP contribution in [0.2, 0.25) is 0 Å². The molecule has 0 aromatic rings. The fraction of sp³-hybridized carbons (Fsp3) is 0.776. The molecule has 1 unspecified atom stereocenters. The molecule has 0 spiro atoms. The minimum absolute atomic E-state index is 0.0766. The Kier molecular flexibility index (Phi) is 50.4. The molecule has 0 aliphatic heterocycles. The highest BCUT2D eigenvalue weighted by Crippen LogP contribution is 2.15. The largest absolute Gasteiger partial charge is 0.462 e. The van der Waals surface area contributed by atoms with Gasteiger partial charge in [0.05, 0.1) is 0 Å². The van der Waals surface area contributed by atoms with Gasteiger partial charge in [0.2, 0.25) is 0 Å². The van der Waals surface area contributed by atoms with Gasteiger partial charge in [0.15, 0.2) is 6.10 Å². The molecule has 0 heterocycles. The molecule has 0 aromatic carbocycles. The lowest BCUT2D eigenvalue weighted by Gasteiger charge is -2.18. The smallest absolute Gasteiger partial charge is 0.306 e. The number of hydrogen-bond donors (Lipinski definition) is 0. The molecule has 1 atom stereocenters. The molecule has 0 aliphatic carbocycles. The molecule has 0 bridgehead atoms. The fourth-order valence-corrected chi connectivity index (χ4v) is 7.66. The summed E-state index contributed by atoms with van der Waals surface area (Å²) in [5.41, 5.74) is 0. The van der Waals surface area contributed by atoms with E-state index in [1.165, 1.54) is 135 Å². The predicted molar refractivity (Wildman–Crippen MR) is 275 cm³/mol. The van der Waals surface area contributed by atoms with Gasteiger partial charge in [-0.25, -0.2) is 0 Å². The van der Waals surface area contributed by atoms with Gasteiger partial charge in [0.1, 0.15) is 13.2 Å². The Balaban J connectivity index is 4.25. The standard InChI is InChI=1S/C58H102O6/c1-4-7-10-13-16-19-21-23-25-26-27-28-29-30-31-32-33-35-36-39-42-45-48-51-57(60)63-54-55(53-62-56(59)50-47-44-41-38-18-15-12-9-6-3)64-58(61)52-49-46-43-40-37-34-24-22-20-17-14-11-8-5-2/h7,10,16,19,22-25,27-28,55H,4-6,8-9,11-15,17-18,20-21,26,29-54H2,1-3H3/b10-7-,19-16-,24-22-,25-23-,28-27-. The van der Waals surface area contributed by atoms with Crippen molar-refractivity contribution in [2.45, 2.75) is 277 Å². The summed E-state index contributed by atoms with van der Waals surface area (Å²) in [5.74, 6) is -0.885. The molecule has 64 heavy (non-hydrogen) atoms. The molecular formula is C58H102O6. The Morgan fingerprint density at radius 3 is 0.969 bits per heavy atom. The lowest BCUT2D eigenvalue weighted by atomic mass is 10.1. The zero-order valence-corrected chi connectivity index (χ0v) is 42.3. The molecule has 0 aromatic heterocycles. The van der Waals surface area contributed by atoms with Crippen LogP contribution in [0.3, 0.4) is 0 Å². The number of hydrogen-bond acceptors (Lipinski definition) is 6. The molecule has 6 heteroatoms. The molecule has 0 saturated heterocycles. The van der Waals surface area contributed by atoms with Crippen LogP contribution < -0.4 is 0 Å². The van der Waals surface area contributed by atoms with Crippen LogP contribution >= 0.6 is 0 Å². The number of carbonyl (C=O) groups excluding carboxylic acids is 3. The molecule has 0 rings (SSSR count). The number of ether oxygens (including phenoxy) is 3. The van der Waals surface area contributed by atoms with Gasteiger partial charge in [0.25, 0.3) is 0 Å². The molecule has 370 valence electrons. The maximum absolute atomic E-state index is 12.8. The van der Waals surface area contributed by atoms with Gasteiger partial charge in [-0.05, 0) is 83.5 Å². The Bertz CT molecular complexity index is 1170. The highest BCUT2D eigenvalue weighted by Gasteiger charge is 2.19. The third-order valence-corrected chi connectivity index (χ3v) is 11.8. The minimum Gasteiger partial charge on any atom is -0.462 e. The van der Waals surface area contributed by atoms with Crippen molar-refractivity contribution >= 4 is 17.9 Å². The number of allylic oxidation sites excluding steroid dienone is 10. The van der Waals surface area contributed by atoms with Crippen molar-refractivity contribution < 1.29 is 28.6 Å². The van der Waals surface area contributed by atoms with Crippen molar-refractivity contribution in [2.24, 2.45) is 0 Å². The van der Waals surface area contributed by atoms with Crippen molar-refractivity contribution in [3.8, 4) is 0 Å². The molecule has 6 nitrogen and oxygen atoms in total. The van der Waals surface area contributed by atoms with Gasteiger partial charge in [-0.1, -0.05) is 229 Å². The molecule has 0 N–H and O–H groups in total. The van der Waals surface area contributed by atoms with E-state index in [1.807, 2.05) is 0 Å². The van der Waals surface area contributed by atoms with E-state index < -0.39 is 6.10 Å². The summed E-state index contributed by atoms with van der Waals surface area (Å²) in [5, 5.41) is 0. The van der Waals surface area contributed by atoms with Crippen molar-refractivity contribution in [2.75, 3.05) is 13.2 Å². The first kappa shape index (κ1) is 61.1. The highest BCUT2D eigenvalue weighted by atomic mass is 16.6. The van der Waals surface area contributed by atoms with Gasteiger partial charge in [-0.15, -0.1) is 0 Å². The number of unbranched alkanes of at least 4 members (excludes halogenated alkanes) is 28. The topological polar surface area (TPSA) is 78.9 Å². The van der Waals surface area contributed by atoms with Crippen LogP contribution in [-0.2, 0) is 28.6 Å². The van der Waals surface area contributed by atoms with Crippen molar-refractivity contribution in [1.82, 2.24) is 0 Å². The molecular weight excluding hydrogens is 793 g/mol. The van der Waals surface area contributed by atoms with E-state index in [4.69, 9.17) is 14.2 Å². The zero-order valence-electron chi connectivity index (χ0n) is 42.3. The number of esters is 3. The van der Waals surface area contributed by atoms with Crippen LogP contribution in [0, 0.1) is 0 Å². The maximum atomic E-state index is 12.8. The summed E-state index contributed by atoms with van der Waals surface area (Å²) in [6.07, 6.45) is 65.0. The van der Waals surface area contributed by atoms with Crippen LogP contribution in [-0.4, -0.2) is 37.2 Å².